The summed E-state index contributed by atoms with van der Waals surface area (Å²) in [7, 11) is 0. The smallest absolute Gasteiger partial charge is 0.372 e. The van der Waals surface area contributed by atoms with Crippen LogP contribution in [0.25, 0.3) is 0 Å². The van der Waals surface area contributed by atoms with E-state index in [2.05, 4.69) is 4.98 Å². The maximum absolute atomic E-state index is 11.5. The van der Waals surface area contributed by atoms with Gasteiger partial charge in [0.1, 0.15) is 6.20 Å². The van der Waals surface area contributed by atoms with Crippen molar-refractivity contribution in [1.29, 1.82) is 0 Å². The second-order valence-electron chi connectivity index (χ2n) is 3.56. The van der Waals surface area contributed by atoms with Gasteiger partial charge >= 0.3 is 17.3 Å². The Kier molecular flexibility index (Phi) is 3.10. The lowest BCUT2D eigenvalue weighted by Crippen LogP contribution is -2.23. The maximum Gasteiger partial charge on any atom is 0.372 e. The van der Waals surface area contributed by atoms with Gasteiger partial charge in [0, 0.05) is 5.56 Å². The summed E-state index contributed by atoms with van der Waals surface area (Å²) < 4.78 is 5.69. The number of carboxylic acid groups (broad SMARTS) is 1. The van der Waals surface area contributed by atoms with E-state index in [1.165, 1.54) is 6.07 Å². The van der Waals surface area contributed by atoms with Crippen molar-refractivity contribution in [3.05, 3.63) is 56.6 Å². The number of rotatable bonds is 4. The number of nitrogens with zero attached hydrogens (tertiary/aromatic N) is 3. The summed E-state index contributed by atoms with van der Waals surface area (Å²) in [6.07, 6.45) is 2.99. The summed E-state index contributed by atoms with van der Waals surface area (Å²) in [5.74, 6) is -1.61. The van der Waals surface area contributed by atoms with Crippen molar-refractivity contribution in [2.24, 2.45) is 0 Å². The van der Waals surface area contributed by atoms with Gasteiger partial charge in [0.05, 0.1) is 23.9 Å². The van der Waals surface area contributed by atoms with Gasteiger partial charge in [-0.1, -0.05) is 0 Å². The van der Waals surface area contributed by atoms with Crippen molar-refractivity contribution in [3.63, 3.8) is 0 Å². The van der Waals surface area contributed by atoms with E-state index in [0.717, 1.165) is 23.2 Å². The molecule has 2 heterocycles. The second kappa shape index (κ2) is 4.72. The zero-order valence-electron chi connectivity index (χ0n) is 9.35. The van der Waals surface area contributed by atoms with Crippen molar-refractivity contribution < 1.29 is 19.2 Å². The molecule has 0 bridgehead atoms. The highest BCUT2D eigenvalue weighted by Crippen LogP contribution is 2.13. The van der Waals surface area contributed by atoms with E-state index < -0.39 is 16.6 Å². The molecule has 0 aliphatic carbocycles. The van der Waals surface area contributed by atoms with E-state index in [-0.39, 0.29) is 23.6 Å². The van der Waals surface area contributed by atoms with Crippen LogP contribution in [0.5, 0.6) is 0 Å². The van der Waals surface area contributed by atoms with Gasteiger partial charge in [-0.2, -0.15) is 4.98 Å². The highest BCUT2D eigenvalue weighted by atomic mass is 16.6. The summed E-state index contributed by atoms with van der Waals surface area (Å²) in [6.45, 7) is -0.175. The van der Waals surface area contributed by atoms with Crippen molar-refractivity contribution in [2.75, 3.05) is 0 Å². The zero-order valence-corrected chi connectivity index (χ0v) is 9.35. The van der Waals surface area contributed by atoms with Crippen LogP contribution >= 0.6 is 0 Å². The number of carbonyl (C=O) groups is 1. The standard InChI is InChI=1S/C10H7N3O6/c14-9(15)8-6(1-2-19-8)4-12-5-7(13(17)18)3-11-10(12)16/h1-3,5H,4H2,(H,14,15). The molecule has 19 heavy (non-hydrogen) atoms. The van der Waals surface area contributed by atoms with Crippen molar-refractivity contribution in [3.8, 4) is 0 Å². The average molecular weight is 265 g/mol. The second-order valence-corrected chi connectivity index (χ2v) is 3.56. The van der Waals surface area contributed by atoms with Crippen LogP contribution in [0, 0.1) is 10.1 Å². The summed E-state index contributed by atoms with van der Waals surface area (Å²) in [5, 5.41) is 19.4. The Morgan fingerprint density at radius 3 is 2.95 bits per heavy atom. The Morgan fingerprint density at radius 1 is 1.58 bits per heavy atom. The molecule has 0 atom stereocenters. The summed E-state index contributed by atoms with van der Waals surface area (Å²) in [4.78, 5) is 35.5. The van der Waals surface area contributed by atoms with Crippen LogP contribution in [0.15, 0.2) is 33.9 Å². The number of nitro groups is 1. The molecule has 0 saturated carbocycles. The van der Waals surface area contributed by atoms with Crippen LogP contribution in [-0.4, -0.2) is 25.6 Å². The predicted octanol–water partition coefficient (Wildman–Crippen LogP) is 0.491. The lowest BCUT2D eigenvalue weighted by Gasteiger charge is -2.03. The number of carboxylic acids is 1. The SMILES string of the molecule is O=C(O)c1occc1Cn1cc([N+](=O)[O-])cnc1=O. The van der Waals surface area contributed by atoms with Gasteiger partial charge < -0.3 is 9.52 Å². The van der Waals surface area contributed by atoms with E-state index in [9.17, 15) is 19.7 Å². The monoisotopic (exact) mass is 265 g/mol. The molecule has 0 aromatic carbocycles. The Labute approximate surface area is 104 Å². The fraction of sp³-hybridized carbons (Fsp3) is 0.100. The molecule has 0 spiro atoms. The number of hydrogen-bond acceptors (Lipinski definition) is 6. The third-order valence-electron chi connectivity index (χ3n) is 2.33. The van der Waals surface area contributed by atoms with Crippen LogP contribution in [0.2, 0.25) is 0 Å². The van der Waals surface area contributed by atoms with E-state index in [0.29, 0.717) is 0 Å². The first-order valence-corrected chi connectivity index (χ1v) is 4.99. The van der Waals surface area contributed by atoms with Crippen LogP contribution in [0.1, 0.15) is 16.1 Å². The number of aromatic nitrogens is 2. The third kappa shape index (κ3) is 2.49. The van der Waals surface area contributed by atoms with Gasteiger partial charge in [0.2, 0.25) is 5.76 Å². The molecule has 98 valence electrons. The molecule has 9 nitrogen and oxygen atoms in total. The molecule has 2 rings (SSSR count). The first-order valence-electron chi connectivity index (χ1n) is 4.99. The molecule has 0 aliphatic heterocycles. The molecule has 0 amide bonds. The minimum atomic E-state index is -1.29. The first-order chi connectivity index (χ1) is 8.99. The molecule has 0 saturated heterocycles. The van der Waals surface area contributed by atoms with Crippen molar-refractivity contribution in [1.82, 2.24) is 9.55 Å². The highest BCUT2D eigenvalue weighted by Gasteiger charge is 2.16. The summed E-state index contributed by atoms with van der Waals surface area (Å²) >= 11 is 0. The fourth-order valence-corrected chi connectivity index (χ4v) is 1.48. The molecule has 9 heteroatoms. The number of hydrogen-bond donors (Lipinski definition) is 1. The fourth-order valence-electron chi connectivity index (χ4n) is 1.48. The molecular formula is C10H7N3O6. The van der Waals surface area contributed by atoms with Crippen molar-refractivity contribution in [2.45, 2.75) is 6.54 Å². The first kappa shape index (κ1) is 12.5. The molecule has 1 N–H and O–H groups in total. The minimum Gasteiger partial charge on any atom is -0.475 e. The average Bonchev–Trinajstić information content (AvgIpc) is 2.80. The molecular weight excluding hydrogens is 258 g/mol. The highest BCUT2D eigenvalue weighted by molar-refractivity contribution is 5.86. The zero-order chi connectivity index (χ0) is 14.0. The van der Waals surface area contributed by atoms with E-state index >= 15 is 0 Å². The van der Waals surface area contributed by atoms with Crippen LogP contribution < -0.4 is 5.69 Å². The topological polar surface area (TPSA) is 128 Å². The van der Waals surface area contributed by atoms with E-state index in [1.807, 2.05) is 0 Å². The minimum absolute atomic E-state index is 0.175. The van der Waals surface area contributed by atoms with Gasteiger partial charge in [0.15, 0.2) is 0 Å². The lowest BCUT2D eigenvalue weighted by atomic mass is 10.2. The Morgan fingerprint density at radius 2 is 2.32 bits per heavy atom. The van der Waals surface area contributed by atoms with Crippen LogP contribution in [-0.2, 0) is 6.54 Å². The van der Waals surface area contributed by atoms with Crippen LogP contribution in [0.3, 0.4) is 0 Å². The quantitative estimate of drug-likeness (QED) is 0.629. The van der Waals surface area contributed by atoms with E-state index in [4.69, 9.17) is 9.52 Å². The maximum atomic E-state index is 11.5. The molecule has 2 aromatic heterocycles. The Balaban J connectivity index is 2.40. The van der Waals surface area contributed by atoms with Gasteiger partial charge in [-0.15, -0.1) is 0 Å². The molecule has 0 aliphatic rings. The third-order valence-corrected chi connectivity index (χ3v) is 2.33. The summed E-state index contributed by atoms with van der Waals surface area (Å²) in [6, 6.07) is 1.37. The largest absolute Gasteiger partial charge is 0.475 e. The van der Waals surface area contributed by atoms with Crippen LogP contribution in [0.4, 0.5) is 5.69 Å². The van der Waals surface area contributed by atoms with Gasteiger partial charge in [-0.05, 0) is 6.07 Å². The predicted molar refractivity (Wildman–Crippen MR) is 59.9 cm³/mol. The molecule has 2 aromatic rings. The van der Waals surface area contributed by atoms with Crippen molar-refractivity contribution >= 4 is 11.7 Å². The molecule has 0 unspecified atom stereocenters. The molecule has 0 fully saturated rings. The Hall–Kier alpha value is -2.97. The Bertz CT molecular complexity index is 701. The van der Waals surface area contributed by atoms with Gasteiger partial charge in [-0.3, -0.25) is 14.7 Å². The van der Waals surface area contributed by atoms with Gasteiger partial charge in [-0.25, -0.2) is 9.59 Å². The normalized spacial score (nSPS) is 10.3. The molecule has 0 radical (unpaired) electrons. The van der Waals surface area contributed by atoms with Gasteiger partial charge in [0.25, 0.3) is 0 Å². The number of furan rings is 1. The lowest BCUT2D eigenvalue weighted by molar-refractivity contribution is -0.385. The summed E-state index contributed by atoms with van der Waals surface area (Å²) in [5.41, 5.74) is -0.861. The number of aromatic carboxylic acids is 1. The van der Waals surface area contributed by atoms with E-state index in [1.54, 1.807) is 0 Å².